The highest BCUT2D eigenvalue weighted by molar-refractivity contribution is 7.89. The molecule has 7 heteroatoms. The second kappa shape index (κ2) is 9.80. The molecule has 1 N–H and O–H groups in total. The topological polar surface area (TPSA) is 83.6 Å². The highest BCUT2D eigenvalue weighted by atomic mass is 32.2. The Morgan fingerprint density at radius 2 is 1.59 bits per heavy atom. The van der Waals surface area contributed by atoms with Gasteiger partial charge in [-0.2, -0.15) is 4.31 Å². The van der Waals surface area contributed by atoms with Gasteiger partial charge < -0.3 is 5.32 Å². The summed E-state index contributed by atoms with van der Waals surface area (Å²) in [4.78, 5) is 24.7. The molecule has 0 fully saturated rings. The molecule has 0 saturated heterocycles. The van der Waals surface area contributed by atoms with Gasteiger partial charge in [-0.3, -0.25) is 9.59 Å². The van der Waals surface area contributed by atoms with E-state index in [9.17, 15) is 18.0 Å². The van der Waals surface area contributed by atoms with Crippen LogP contribution in [0.2, 0.25) is 0 Å². The highest BCUT2D eigenvalue weighted by Crippen LogP contribution is 2.26. The molecule has 2 aromatic carbocycles. The third-order valence-corrected chi connectivity index (χ3v) is 6.96. The number of ketones is 1. The fourth-order valence-corrected chi connectivity index (χ4v) is 4.60. The molecule has 156 valence electrons. The molecule has 2 rings (SSSR count). The third kappa shape index (κ3) is 5.52. The van der Waals surface area contributed by atoms with Gasteiger partial charge in [0.1, 0.15) is 0 Å². The molecule has 1 amide bonds. The predicted octanol–water partition coefficient (Wildman–Crippen LogP) is 3.94. The Kier molecular flexibility index (Phi) is 7.70. The summed E-state index contributed by atoms with van der Waals surface area (Å²) < 4.78 is 27.0. The molecule has 0 spiro atoms. The Morgan fingerprint density at radius 1 is 0.966 bits per heavy atom. The molecule has 0 atom stereocenters. The molecule has 0 unspecified atom stereocenters. The SMILES string of the molecule is CCN(CC)S(=O)(=O)c1cc(C)c(C)c(NC(=O)CCC(=O)c2ccccc2)c1. The van der Waals surface area contributed by atoms with Gasteiger partial charge in [0.2, 0.25) is 15.9 Å². The van der Waals surface area contributed by atoms with Gasteiger partial charge in [-0.1, -0.05) is 44.2 Å². The van der Waals surface area contributed by atoms with E-state index in [-0.39, 0.29) is 29.4 Å². The Morgan fingerprint density at radius 3 is 2.17 bits per heavy atom. The maximum Gasteiger partial charge on any atom is 0.243 e. The quantitative estimate of drug-likeness (QED) is 0.628. The zero-order valence-electron chi connectivity index (χ0n) is 17.4. The van der Waals surface area contributed by atoms with Crippen LogP contribution in [-0.2, 0) is 14.8 Å². The van der Waals surface area contributed by atoms with Crippen LogP contribution in [0.25, 0.3) is 0 Å². The van der Waals surface area contributed by atoms with Crippen molar-refractivity contribution in [2.75, 3.05) is 18.4 Å². The fourth-order valence-electron chi connectivity index (χ4n) is 3.03. The molecule has 6 nitrogen and oxygen atoms in total. The minimum atomic E-state index is -3.63. The van der Waals surface area contributed by atoms with Gasteiger partial charge >= 0.3 is 0 Å². The second-order valence-corrected chi connectivity index (χ2v) is 8.78. The van der Waals surface area contributed by atoms with Crippen LogP contribution in [0.3, 0.4) is 0 Å². The van der Waals surface area contributed by atoms with E-state index in [1.54, 1.807) is 44.2 Å². The molecule has 0 bridgehead atoms. The summed E-state index contributed by atoms with van der Waals surface area (Å²) in [5.74, 6) is -0.430. The largest absolute Gasteiger partial charge is 0.326 e. The second-order valence-electron chi connectivity index (χ2n) is 6.84. The first-order valence-electron chi connectivity index (χ1n) is 9.70. The number of nitrogens with zero attached hydrogens (tertiary/aromatic N) is 1. The van der Waals surface area contributed by atoms with Crippen molar-refractivity contribution in [3.63, 3.8) is 0 Å². The third-order valence-electron chi connectivity index (χ3n) is 4.93. The van der Waals surface area contributed by atoms with Gasteiger partial charge in [-0.25, -0.2) is 8.42 Å². The minimum Gasteiger partial charge on any atom is -0.326 e. The van der Waals surface area contributed by atoms with E-state index in [1.165, 1.54) is 10.4 Å². The fraction of sp³-hybridized carbons (Fsp3) is 0.364. The maximum atomic E-state index is 12.8. The number of aryl methyl sites for hydroxylation is 1. The molecule has 0 aliphatic heterocycles. The monoisotopic (exact) mass is 416 g/mol. The molecule has 0 radical (unpaired) electrons. The summed E-state index contributed by atoms with van der Waals surface area (Å²) >= 11 is 0. The molecular formula is C22H28N2O4S. The van der Waals surface area contributed by atoms with Crippen LogP contribution in [0.4, 0.5) is 5.69 Å². The van der Waals surface area contributed by atoms with Crippen LogP contribution >= 0.6 is 0 Å². The molecule has 0 heterocycles. The number of carbonyl (C=O) groups excluding carboxylic acids is 2. The van der Waals surface area contributed by atoms with Gasteiger partial charge in [0.15, 0.2) is 5.78 Å². The number of Topliss-reactive ketones (excluding diaryl/α,β-unsaturated/α-hetero) is 1. The number of rotatable bonds is 9. The number of carbonyl (C=O) groups is 2. The molecule has 0 aromatic heterocycles. The van der Waals surface area contributed by atoms with Gasteiger partial charge in [0.05, 0.1) is 4.90 Å². The zero-order chi connectivity index (χ0) is 21.6. The summed E-state index contributed by atoms with van der Waals surface area (Å²) in [5.41, 5.74) is 2.59. The first-order chi connectivity index (χ1) is 13.7. The smallest absolute Gasteiger partial charge is 0.243 e. The van der Waals surface area contributed by atoms with E-state index >= 15 is 0 Å². The van der Waals surface area contributed by atoms with Crippen LogP contribution in [0.5, 0.6) is 0 Å². The Balaban J connectivity index is 2.17. The van der Waals surface area contributed by atoms with Gasteiger partial charge in [-0.05, 0) is 37.1 Å². The summed E-state index contributed by atoms with van der Waals surface area (Å²) in [6, 6.07) is 11.9. The molecule has 29 heavy (non-hydrogen) atoms. The zero-order valence-corrected chi connectivity index (χ0v) is 18.2. The summed E-state index contributed by atoms with van der Waals surface area (Å²) in [7, 11) is -3.63. The van der Waals surface area contributed by atoms with Gasteiger partial charge in [0, 0.05) is 37.2 Å². The molecular weight excluding hydrogens is 388 g/mol. The minimum absolute atomic E-state index is 0.0270. The van der Waals surface area contributed by atoms with E-state index in [1.807, 2.05) is 19.9 Å². The lowest BCUT2D eigenvalue weighted by Gasteiger charge is -2.20. The maximum absolute atomic E-state index is 12.8. The van der Waals surface area contributed by atoms with Crippen LogP contribution in [0.1, 0.15) is 48.2 Å². The molecule has 0 saturated carbocycles. The van der Waals surface area contributed by atoms with E-state index in [2.05, 4.69) is 5.32 Å². The van der Waals surface area contributed by atoms with Gasteiger partial charge in [-0.15, -0.1) is 0 Å². The van der Waals surface area contributed by atoms with Crippen molar-refractivity contribution in [2.45, 2.75) is 45.4 Å². The lowest BCUT2D eigenvalue weighted by molar-refractivity contribution is -0.116. The van der Waals surface area contributed by atoms with Crippen molar-refractivity contribution in [3.8, 4) is 0 Å². The van der Waals surface area contributed by atoms with E-state index in [4.69, 9.17) is 0 Å². The average molecular weight is 417 g/mol. The Hall–Kier alpha value is -2.51. The van der Waals surface area contributed by atoms with Crippen molar-refractivity contribution in [2.24, 2.45) is 0 Å². The summed E-state index contributed by atoms with van der Waals surface area (Å²) in [6.07, 6.45) is 0.116. The number of hydrogen-bond donors (Lipinski definition) is 1. The summed E-state index contributed by atoms with van der Waals surface area (Å²) in [6.45, 7) is 7.95. The van der Waals surface area contributed by atoms with Crippen LogP contribution < -0.4 is 5.32 Å². The van der Waals surface area contributed by atoms with Crippen molar-refractivity contribution >= 4 is 27.4 Å². The number of benzene rings is 2. The normalized spacial score (nSPS) is 11.5. The van der Waals surface area contributed by atoms with Crippen molar-refractivity contribution in [3.05, 3.63) is 59.2 Å². The van der Waals surface area contributed by atoms with Crippen molar-refractivity contribution in [1.29, 1.82) is 0 Å². The highest BCUT2D eigenvalue weighted by Gasteiger charge is 2.23. The van der Waals surface area contributed by atoms with Crippen LogP contribution in [-0.4, -0.2) is 37.5 Å². The standard InChI is InChI=1S/C22H28N2O4S/c1-5-24(6-2)29(27,28)19-14-16(3)17(4)20(15-19)23-22(26)13-12-21(25)18-10-8-7-9-11-18/h7-11,14-15H,5-6,12-13H2,1-4H3,(H,23,26). The van der Waals surface area contributed by atoms with E-state index in [0.717, 1.165) is 11.1 Å². The Bertz CT molecular complexity index is 981. The number of sulfonamides is 1. The number of hydrogen-bond acceptors (Lipinski definition) is 4. The van der Waals surface area contributed by atoms with Crippen molar-refractivity contribution in [1.82, 2.24) is 4.31 Å². The molecule has 0 aliphatic rings. The van der Waals surface area contributed by atoms with Crippen LogP contribution in [0.15, 0.2) is 47.4 Å². The first-order valence-corrected chi connectivity index (χ1v) is 11.1. The van der Waals surface area contributed by atoms with Crippen LogP contribution in [0, 0.1) is 13.8 Å². The number of nitrogens with one attached hydrogen (secondary N) is 1. The van der Waals surface area contributed by atoms with Crippen molar-refractivity contribution < 1.29 is 18.0 Å². The lowest BCUT2D eigenvalue weighted by atomic mass is 10.1. The summed E-state index contributed by atoms with van der Waals surface area (Å²) in [5, 5.41) is 2.77. The molecule has 2 aromatic rings. The number of anilines is 1. The predicted molar refractivity (Wildman–Crippen MR) is 115 cm³/mol. The van der Waals surface area contributed by atoms with E-state index < -0.39 is 10.0 Å². The molecule has 0 aliphatic carbocycles. The lowest BCUT2D eigenvalue weighted by Crippen LogP contribution is -2.30. The Labute approximate surface area is 173 Å². The van der Waals surface area contributed by atoms with Gasteiger partial charge in [0.25, 0.3) is 0 Å². The average Bonchev–Trinajstić information content (AvgIpc) is 2.70. The first kappa shape index (κ1) is 22.8. The number of amides is 1. The van der Waals surface area contributed by atoms with E-state index in [0.29, 0.717) is 24.3 Å².